The van der Waals surface area contributed by atoms with Crippen molar-refractivity contribution < 1.29 is 23.0 Å². The summed E-state index contributed by atoms with van der Waals surface area (Å²) in [5.74, 6) is 0.254. The normalized spacial score (nSPS) is 10.5. The van der Waals surface area contributed by atoms with Crippen LogP contribution in [-0.4, -0.2) is 19.1 Å². The van der Waals surface area contributed by atoms with Crippen LogP contribution in [0.3, 0.4) is 0 Å². The summed E-state index contributed by atoms with van der Waals surface area (Å²) >= 11 is 9.11. The quantitative estimate of drug-likeness (QED) is 0.722. The van der Waals surface area contributed by atoms with E-state index in [1.54, 1.807) is 30.3 Å². The predicted octanol–water partition coefficient (Wildman–Crippen LogP) is 4.40. The van der Waals surface area contributed by atoms with Crippen LogP contribution in [0, 0.1) is 0 Å². The van der Waals surface area contributed by atoms with Gasteiger partial charge in [0.25, 0.3) is 5.91 Å². The molecule has 4 nitrogen and oxygen atoms in total. The third-order valence-electron chi connectivity index (χ3n) is 2.89. The van der Waals surface area contributed by atoms with Crippen molar-refractivity contribution in [1.29, 1.82) is 0 Å². The second-order valence-corrected chi connectivity index (χ2v) is 5.95. The zero-order valence-corrected chi connectivity index (χ0v) is 14.6. The van der Waals surface area contributed by atoms with Gasteiger partial charge in [0.05, 0.1) is 4.47 Å². The van der Waals surface area contributed by atoms with Gasteiger partial charge in [-0.05, 0) is 51.8 Å². The Labute approximate surface area is 150 Å². The van der Waals surface area contributed by atoms with Crippen LogP contribution in [0.5, 0.6) is 11.5 Å². The molecule has 1 N–H and O–H groups in total. The van der Waals surface area contributed by atoms with Crippen LogP contribution >= 0.6 is 27.5 Å². The lowest BCUT2D eigenvalue weighted by molar-refractivity contribution is -0.123. The second kappa shape index (κ2) is 8.84. The molecule has 0 heterocycles. The van der Waals surface area contributed by atoms with Gasteiger partial charge in [-0.15, -0.1) is 0 Å². The molecule has 128 valence electrons. The van der Waals surface area contributed by atoms with Crippen LogP contribution in [0.4, 0.5) is 8.78 Å². The number of halogens is 4. The molecule has 0 atom stereocenters. The first kappa shape index (κ1) is 18.5. The standard InChI is InChI=1S/C16H13BrClF2NO3/c17-13-7-11(18)3-6-14(13)23-9-15(22)21-8-10-1-4-12(5-2-10)24-16(19)20/h1-7,16H,8-9H2,(H,21,22). The van der Waals surface area contributed by atoms with Gasteiger partial charge in [0.2, 0.25) is 0 Å². The number of amides is 1. The lowest BCUT2D eigenvalue weighted by Gasteiger charge is -2.10. The van der Waals surface area contributed by atoms with Crippen LogP contribution in [0.1, 0.15) is 5.56 Å². The van der Waals surface area contributed by atoms with E-state index in [2.05, 4.69) is 26.0 Å². The highest BCUT2D eigenvalue weighted by atomic mass is 79.9. The lowest BCUT2D eigenvalue weighted by Crippen LogP contribution is -2.28. The Morgan fingerprint density at radius 3 is 2.54 bits per heavy atom. The molecule has 0 radical (unpaired) electrons. The fraction of sp³-hybridized carbons (Fsp3) is 0.188. The second-order valence-electron chi connectivity index (χ2n) is 4.66. The number of nitrogens with one attached hydrogen (secondary N) is 1. The largest absolute Gasteiger partial charge is 0.483 e. The van der Waals surface area contributed by atoms with Gasteiger partial charge in [0.1, 0.15) is 11.5 Å². The molecule has 0 saturated carbocycles. The van der Waals surface area contributed by atoms with E-state index in [-0.39, 0.29) is 24.8 Å². The summed E-state index contributed by atoms with van der Waals surface area (Å²) in [4.78, 5) is 11.8. The fourth-order valence-electron chi connectivity index (χ4n) is 1.78. The monoisotopic (exact) mass is 419 g/mol. The highest BCUT2D eigenvalue weighted by Crippen LogP contribution is 2.27. The van der Waals surface area contributed by atoms with E-state index in [1.807, 2.05) is 0 Å². The molecule has 8 heteroatoms. The summed E-state index contributed by atoms with van der Waals surface area (Å²) in [6, 6.07) is 11.0. The molecule has 0 aliphatic heterocycles. The molecule has 2 rings (SSSR count). The van der Waals surface area contributed by atoms with Crippen molar-refractivity contribution in [3.63, 3.8) is 0 Å². The fourth-order valence-corrected chi connectivity index (χ4v) is 2.57. The highest BCUT2D eigenvalue weighted by molar-refractivity contribution is 9.10. The molecule has 0 saturated heterocycles. The van der Waals surface area contributed by atoms with E-state index in [0.29, 0.717) is 15.2 Å². The molecule has 24 heavy (non-hydrogen) atoms. The number of hydrogen-bond donors (Lipinski definition) is 1. The highest BCUT2D eigenvalue weighted by Gasteiger charge is 2.07. The first-order chi connectivity index (χ1) is 11.4. The Hall–Kier alpha value is -1.86. The van der Waals surface area contributed by atoms with Gasteiger partial charge in [0.15, 0.2) is 6.61 Å². The number of hydrogen-bond acceptors (Lipinski definition) is 3. The Balaban J connectivity index is 1.78. The van der Waals surface area contributed by atoms with Gasteiger partial charge in [-0.3, -0.25) is 4.79 Å². The summed E-state index contributed by atoms with van der Waals surface area (Å²) in [7, 11) is 0. The Morgan fingerprint density at radius 1 is 1.21 bits per heavy atom. The number of ether oxygens (including phenoxy) is 2. The maximum Gasteiger partial charge on any atom is 0.387 e. The SMILES string of the molecule is O=C(COc1ccc(Cl)cc1Br)NCc1ccc(OC(F)F)cc1. The van der Waals surface area contributed by atoms with Crippen LogP contribution in [0.25, 0.3) is 0 Å². The molecule has 0 bridgehead atoms. The van der Waals surface area contributed by atoms with Crippen LogP contribution in [-0.2, 0) is 11.3 Å². The number of alkyl halides is 2. The molecule has 1 amide bonds. The Kier molecular flexibility index (Phi) is 6.81. The van der Waals surface area contributed by atoms with E-state index in [0.717, 1.165) is 5.56 Å². The molecule has 2 aromatic rings. The van der Waals surface area contributed by atoms with E-state index in [1.165, 1.54) is 12.1 Å². The number of carbonyl (C=O) groups excluding carboxylic acids is 1. The summed E-state index contributed by atoms with van der Waals surface area (Å²) in [5, 5.41) is 3.22. The number of rotatable bonds is 7. The molecule has 0 aliphatic carbocycles. The third-order valence-corrected chi connectivity index (χ3v) is 3.75. The molecule has 0 aliphatic rings. The van der Waals surface area contributed by atoms with Gasteiger partial charge in [0, 0.05) is 11.6 Å². The minimum atomic E-state index is -2.86. The van der Waals surface area contributed by atoms with Crippen LogP contribution < -0.4 is 14.8 Å². The molecule has 2 aromatic carbocycles. The number of carbonyl (C=O) groups is 1. The van der Waals surface area contributed by atoms with Gasteiger partial charge < -0.3 is 14.8 Å². The van der Waals surface area contributed by atoms with E-state index >= 15 is 0 Å². The van der Waals surface area contributed by atoms with Gasteiger partial charge in [-0.2, -0.15) is 8.78 Å². The molecule has 0 fully saturated rings. The number of benzene rings is 2. The van der Waals surface area contributed by atoms with Gasteiger partial charge in [-0.1, -0.05) is 23.7 Å². The minimum Gasteiger partial charge on any atom is -0.483 e. The molecular formula is C16H13BrClF2NO3. The van der Waals surface area contributed by atoms with Gasteiger partial charge >= 0.3 is 6.61 Å². The Bertz CT molecular complexity index is 698. The zero-order valence-electron chi connectivity index (χ0n) is 12.3. The van der Waals surface area contributed by atoms with Crippen molar-refractivity contribution in [1.82, 2.24) is 5.32 Å². The van der Waals surface area contributed by atoms with Crippen LogP contribution in [0.15, 0.2) is 46.9 Å². The first-order valence-corrected chi connectivity index (χ1v) is 7.99. The zero-order chi connectivity index (χ0) is 17.5. The van der Waals surface area contributed by atoms with E-state index in [9.17, 15) is 13.6 Å². The van der Waals surface area contributed by atoms with Crippen molar-refractivity contribution in [3.05, 3.63) is 57.5 Å². The van der Waals surface area contributed by atoms with Gasteiger partial charge in [-0.25, -0.2) is 0 Å². The van der Waals surface area contributed by atoms with E-state index < -0.39 is 6.61 Å². The van der Waals surface area contributed by atoms with Crippen molar-refractivity contribution in [3.8, 4) is 11.5 Å². The molecular weight excluding hydrogens is 408 g/mol. The lowest BCUT2D eigenvalue weighted by atomic mass is 10.2. The summed E-state index contributed by atoms with van der Waals surface area (Å²) in [6.45, 7) is -2.77. The van der Waals surface area contributed by atoms with E-state index in [4.69, 9.17) is 16.3 Å². The third kappa shape index (κ3) is 5.98. The van der Waals surface area contributed by atoms with Crippen molar-refractivity contribution in [2.45, 2.75) is 13.2 Å². The van der Waals surface area contributed by atoms with Crippen molar-refractivity contribution in [2.24, 2.45) is 0 Å². The Morgan fingerprint density at radius 2 is 1.92 bits per heavy atom. The van der Waals surface area contributed by atoms with Crippen molar-refractivity contribution >= 4 is 33.4 Å². The average molecular weight is 421 g/mol. The maximum absolute atomic E-state index is 12.0. The maximum atomic E-state index is 12.0. The van der Waals surface area contributed by atoms with Crippen LogP contribution in [0.2, 0.25) is 5.02 Å². The minimum absolute atomic E-state index is 0.0657. The smallest absolute Gasteiger partial charge is 0.387 e. The topological polar surface area (TPSA) is 47.6 Å². The molecule has 0 aromatic heterocycles. The molecule has 0 unspecified atom stereocenters. The summed E-state index contributed by atoms with van der Waals surface area (Å²) in [6.07, 6.45) is 0. The average Bonchev–Trinajstić information content (AvgIpc) is 2.53. The summed E-state index contributed by atoms with van der Waals surface area (Å²) < 4.78 is 34.4. The summed E-state index contributed by atoms with van der Waals surface area (Å²) in [5.41, 5.74) is 0.748. The van der Waals surface area contributed by atoms with Crippen molar-refractivity contribution in [2.75, 3.05) is 6.61 Å². The predicted molar refractivity (Wildman–Crippen MR) is 89.6 cm³/mol. The molecule has 0 spiro atoms. The first-order valence-electron chi connectivity index (χ1n) is 6.82.